The maximum Gasteiger partial charge on any atom is 0.306 e. The van der Waals surface area contributed by atoms with Crippen molar-refractivity contribution in [3.63, 3.8) is 0 Å². The fourth-order valence-electron chi connectivity index (χ4n) is 5.83. The second kappa shape index (κ2) is 33.4. The molecule has 0 saturated heterocycles. The first-order valence-corrected chi connectivity index (χ1v) is 18.5. The largest absolute Gasteiger partial charge is 0.481 e. The zero-order valence-electron chi connectivity index (χ0n) is 27.9. The average molecular weight is 581 g/mol. The number of carboxylic acids is 1. The molecule has 0 radical (unpaired) electrons. The molecule has 0 fully saturated rings. The van der Waals surface area contributed by atoms with Gasteiger partial charge in [0, 0.05) is 12.8 Å². The molecular formula is C37H72O4. The molecule has 1 unspecified atom stereocenters. The van der Waals surface area contributed by atoms with E-state index in [2.05, 4.69) is 13.8 Å². The molecule has 4 heteroatoms. The third-order valence-corrected chi connectivity index (χ3v) is 8.58. The highest BCUT2D eigenvalue weighted by molar-refractivity contribution is 5.69. The molecule has 0 aromatic rings. The van der Waals surface area contributed by atoms with Crippen LogP contribution in [0.1, 0.15) is 219 Å². The van der Waals surface area contributed by atoms with Crippen LogP contribution < -0.4 is 0 Å². The van der Waals surface area contributed by atoms with Crippen molar-refractivity contribution in [1.82, 2.24) is 0 Å². The van der Waals surface area contributed by atoms with E-state index in [1.54, 1.807) is 0 Å². The lowest BCUT2D eigenvalue weighted by atomic mass is 10.0. The minimum Gasteiger partial charge on any atom is -0.481 e. The van der Waals surface area contributed by atoms with Crippen molar-refractivity contribution in [2.45, 2.75) is 225 Å². The molecule has 0 heterocycles. The van der Waals surface area contributed by atoms with E-state index in [0.29, 0.717) is 6.42 Å². The molecule has 0 saturated carbocycles. The number of esters is 1. The maximum atomic E-state index is 12.6. The molecule has 0 aromatic heterocycles. The molecule has 0 amide bonds. The summed E-state index contributed by atoms with van der Waals surface area (Å²) in [5.41, 5.74) is 0. The standard InChI is InChI=1S/C37H72O4/c1-3-5-7-9-11-13-15-16-17-19-21-26-30-34-37(40)41-35(32-28-24-22-25-29-33-36(38)39)31-27-23-20-18-14-12-10-8-6-4-2/h35H,3-34H2,1-2H3,(H,38,39). The van der Waals surface area contributed by atoms with Gasteiger partial charge >= 0.3 is 11.9 Å². The highest BCUT2D eigenvalue weighted by atomic mass is 16.5. The van der Waals surface area contributed by atoms with Gasteiger partial charge in [0.25, 0.3) is 0 Å². The maximum absolute atomic E-state index is 12.6. The van der Waals surface area contributed by atoms with Crippen molar-refractivity contribution in [2.75, 3.05) is 0 Å². The predicted octanol–water partition coefficient (Wildman–Crippen LogP) is 12.5. The summed E-state index contributed by atoms with van der Waals surface area (Å²) in [6, 6.07) is 0. The minimum atomic E-state index is -0.697. The van der Waals surface area contributed by atoms with Crippen LogP contribution in [0, 0.1) is 0 Å². The Morgan fingerprint density at radius 2 is 0.732 bits per heavy atom. The van der Waals surface area contributed by atoms with E-state index in [4.69, 9.17) is 9.84 Å². The Labute approximate surface area is 256 Å². The molecule has 1 N–H and O–H groups in total. The normalized spacial score (nSPS) is 12.0. The Kier molecular flexibility index (Phi) is 32.6. The van der Waals surface area contributed by atoms with Gasteiger partial charge in [-0.3, -0.25) is 9.59 Å². The molecule has 0 rings (SSSR count). The first kappa shape index (κ1) is 39.9. The van der Waals surface area contributed by atoms with Crippen molar-refractivity contribution in [3.8, 4) is 0 Å². The summed E-state index contributed by atoms with van der Waals surface area (Å²) in [4.78, 5) is 23.3. The summed E-state index contributed by atoms with van der Waals surface area (Å²) in [5.74, 6) is -0.691. The van der Waals surface area contributed by atoms with Crippen LogP contribution in [0.4, 0.5) is 0 Å². The number of carbonyl (C=O) groups is 2. The van der Waals surface area contributed by atoms with Gasteiger partial charge < -0.3 is 9.84 Å². The number of hydrogen-bond donors (Lipinski definition) is 1. The summed E-state index contributed by atoms with van der Waals surface area (Å²) in [6.07, 6.45) is 38.3. The molecule has 0 spiro atoms. The molecule has 1 atom stereocenters. The zero-order valence-corrected chi connectivity index (χ0v) is 27.9. The van der Waals surface area contributed by atoms with Gasteiger partial charge in [-0.05, 0) is 38.5 Å². The van der Waals surface area contributed by atoms with Gasteiger partial charge in [-0.2, -0.15) is 0 Å². The minimum absolute atomic E-state index is 0.00612. The van der Waals surface area contributed by atoms with E-state index >= 15 is 0 Å². The Bertz CT molecular complexity index is 547. The Morgan fingerprint density at radius 1 is 0.439 bits per heavy atom. The quantitative estimate of drug-likeness (QED) is 0.0607. The van der Waals surface area contributed by atoms with Crippen LogP contribution in [0.25, 0.3) is 0 Å². The van der Waals surface area contributed by atoms with Crippen LogP contribution in [0.3, 0.4) is 0 Å². The zero-order chi connectivity index (χ0) is 30.1. The van der Waals surface area contributed by atoms with Crippen LogP contribution in [-0.4, -0.2) is 23.1 Å². The van der Waals surface area contributed by atoms with E-state index < -0.39 is 5.97 Å². The topological polar surface area (TPSA) is 63.6 Å². The van der Waals surface area contributed by atoms with Crippen LogP contribution in [0.5, 0.6) is 0 Å². The molecule has 4 nitrogen and oxygen atoms in total. The fraction of sp³-hybridized carbons (Fsp3) is 0.946. The van der Waals surface area contributed by atoms with Gasteiger partial charge in [0.15, 0.2) is 0 Å². The van der Waals surface area contributed by atoms with Crippen molar-refractivity contribution in [1.29, 1.82) is 0 Å². The van der Waals surface area contributed by atoms with Crippen molar-refractivity contribution in [3.05, 3.63) is 0 Å². The molecular weight excluding hydrogens is 508 g/mol. The second-order valence-electron chi connectivity index (χ2n) is 12.8. The Hall–Kier alpha value is -1.06. The number of rotatable bonds is 34. The van der Waals surface area contributed by atoms with Crippen LogP contribution in [0.15, 0.2) is 0 Å². The third-order valence-electron chi connectivity index (χ3n) is 8.58. The van der Waals surface area contributed by atoms with Gasteiger partial charge in [-0.25, -0.2) is 0 Å². The highest BCUT2D eigenvalue weighted by Crippen LogP contribution is 2.19. The lowest BCUT2D eigenvalue weighted by Gasteiger charge is -2.18. The van der Waals surface area contributed by atoms with E-state index in [9.17, 15) is 9.59 Å². The third kappa shape index (κ3) is 33.3. The number of carbonyl (C=O) groups excluding carboxylic acids is 1. The predicted molar refractivity (Wildman–Crippen MR) is 177 cm³/mol. The fourth-order valence-corrected chi connectivity index (χ4v) is 5.83. The number of unbranched alkanes of at least 4 members (excludes halogenated alkanes) is 25. The summed E-state index contributed by atoms with van der Waals surface area (Å²) in [5, 5.41) is 8.79. The summed E-state index contributed by atoms with van der Waals surface area (Å²) >= 11 is 0. The molecule has 0 aliphatic heterocycles. The molecule has 0 aliphatic carbocycles. The van der Waals surface area contributed by atoms with E-state index in [1.165, 1.54) is 128 Å². The van der Waals surface area contributed by atoms with E-state index in [1.807, 2.05) is 0 Å². The van der Waals surface area contributed by atoms with Crippen molar-refractivity contribution >= 4 is 11.9 Å². The SMILES string of the molecule is CCCCCCCCCCCCCCCC(=O)OC(CCCCCCCCCCCC)CCCCCCCC(=O)O. The number of hydrogen-bond acceptors (Lipinski definition) is 3. The first-order valence-electron chi connectivity index (χ1n) is 18.5. The number of aliphatic carboxylic acids is 1. The second-order valence-corrected chi connectivity index (χ2v) is 12.8. The van der Waals surface area contributed by atoms with Crippen LogP contribution in [-0.2, 0) is 14.3 Å². The van der Waals surface area contributed by atoms with Gasteiger partial charge in [0.2, 0.25) is 0 Å². The van der Waals surface area contributed by atoms with Gasteiger partial charge in [0.1, 0.15) is 6.10 Å². The van der Waals surface area contributed by atoms with E-state index in [0.717, 1.165) is 64.2 Å². The van der Waals surface area contributed by atoms with Crippen molar-refractivity contribution < 1.29 is 19.4 Å². The molecule has 41 heavy (non-hydrogen) atoms. The van der Waals surface area contributed by atoms with Gasteiger partial charge in [-0.1, -0.05) is 168 Å². The summed E-state index contributed by atoms with van der Waals surface area (Å²) < 4.78 is 5.98. The number of ether oxygens (including phenoxy) is 1. The number of carboxylic acid groups (broad SMARTS) is 1. The lowest BCUT2D eigenvalue weighted by Crippen LogP contribution is -2.18. The summed E-state index contributed by atoms with van der Waals surface area (Å²) in [6.45, 7) is 4.55. The Balaban J connectivity index is 3.99. The van der Waals surface area contributed by atoms with Gasteiger partial charge in [0.05, 0.1) is 0 Å². The average Bonchev–Trinajstić information content (AvgIpc) is 2.95. The monoisotopic (exact) mass is 581 g/mol. The highest BCUT2D eigenvalue weighted by Gasteiger charge is 2.14. The molecule has 0 bridgehead atoms. The van der Waals surface area contributed by atoms with Gasteiger partial charge in [-0.15, -0.1) is 0 Å². The molecule has 0 aliphatic rings. The lowest BCUT2D eigenvalue weighted by molar-refractivity contribution is -0.150. The van der Waals surface area contributed by atoms with Crippen LogP contribution >= 0.6 is 0 Å². The van der Waals surface area contributed by atoms with E-state index in [-0.39, 0.29) is 18.5 Å². The smallest absolute Gasteiger partial charge is 0.306 e. The Morgan fingerprint density at radius 3 is 1.07 bits per heavy atom. The van der Waals surface area contributed by atoms with Crippen molar-refractivity contribution in [2.24, 2.45) is 0 Å². The summed E-state index contributed by atoms with van der Waals surface area (Å²) in [7, 11) is 0. The molecule has 244 valence electrons. The molecule has 0 aromatic carbocycles. The first-order chi connectivity index (χ1) is 20.1. The van der Waals surface area contributed by atoms with Crippen LogP contribution in [0.2, 0.25) is 0 Å².